The lowest BCUT2D eigenvalue weighted by molar-refractivity contribution is 0.138. The topological polar surface area (TPSA) is 36.3 Å². The van der Waals surface area contributed by atoms with Crippen LogP contribution in [0, 0.1) is 11.7 Å². The Bertz CT molecular complexity index is 703. The van der Waals surface area contributed by atoms with Crippen molar-refractivity contribution < 1.29 is 13.9 Å². The van der Waals surface area contributed by atoms with E-state index in [9.17, 15) is 4.39 Å². The van der Waals surface area contributed by atoms with E-state index in [1.54, 1.807) is 0 Å². The van der Waals surface area contributed by atoms with Crippen LogP contribution in [-0.4, -0.2) is 22.3 Å². The third-order valence-electron chi connectivity index (χ3n) is 4.88. The van der Waals surface area contributed by atoms with Gasteiger partial charge in [0.1, 0.15) is 17.4 Å². The molecule has 5 heteroatoms. The number of benzene rings is 1. The Morgan fingerprint density at radius 3 is 2.70 bits per heavy atom. The minimum atomic E-state index is -0.345. The lowest BCUT2D eigenvalue weighted by atomic mass is 9.98. The standard InChI is InChI=1S/C18H23FN2O2/c1-21-16-10-14(22-11-12-7-8-12)9-15(19)17(16)20-18(21)23-13-5-3-2-4-6-13/h9-10,12-13H,2-8,11H2,1H3. The Morgan fingerprint density at radius 2 is 1.96 bits per heavy atom. The summed E-state index contributed by atoms with van der Waals surface area (Å²) in [6.07, 6.45) is 8.42. The second-order valence-corrected chi connectivity index (χ2v) is 6.86. The van der Waals surface area contributed by atoms with E-state index in [4.69, 9.17) is 9.47 Å². The molecule has 2 aromatic rings. The molecule has 0 amide bonds. The number of hydrogen-bond donors (Lipinski definition) is 0. The van der Waals surface area contributed by atoms with Crippen LogP contribution in [0.3, 0.4) is 0 Å². The van der Waals surface area contributed by atoms with Crippen LogP contribution >= 0.6 is 0 Å². The summed E-state index contributed by atoms with van der Waals surface area (Å²) in [6, 6.07) is 3.80. The number of aromatic nitrogens is 2. The van der Waals surface area contributed by atoms with Crippen molar-refractivity contribution in [2.45, 2.75) is 51.0 Å². The summed E-state index contributed by atoms with van der Waals surface area (Å²) in [5, 5.41) is 0. The molecule has 0 unspecified atom stereocenters. The SMILES string of the molecule is Cn1c(OC2CCCCC2)nc2c(F)cc(OCC3CC3)cc21. The van der Waals surface area contributed by atoms with Gasteiger partial charge in [0.2, 0.25) is 0 Å². The van der Waals surface area contributed by atoms with Crippen molar-refractivity contribution in [3.05, 3.63) is 17.9 Å². The summed E-state index contributed by atoms with van der Waals surface area (Å²) in [7, 11) is 1.87. The zero-order chi connectivity index (χ0) is 15.8. The first-order chi connectivity index (χ1) is 11.2. The van der Waals surface area contributed by atoms with E-state index in [1.807, 2.05) is 17.7 Å². The van der Waals surface area contributed by atoms with Crippen molar-refractivity contribution in [1.29, 1.82) is 0 Å². The van der Waals surface area contributed by atoms with Crippen molar-refractivity contribution in [2.75, 3.05) is 6.61 Å². The van der Waals surface area contributed by atoms with E-state index in [0.29, 0.717) is 29.8 Å². The highest BCUT2D eigenvalue weighted by Crippen LogP contribution is 2.32. The summed E-state index contributed by atoms with van der Waals surface area (Å²) in [6.45, 7) is 0.675. The fraction of sp³-hybridized carbons (Fsp3) is 0.611. The van der Waals surface area contributed by atoms with Gasteiger partial charge in [-0.25, -0.2) is 4.39 Å². The van der Waals surface area contributed by atoms with E-state index in [-0.39, 0.29) is 11.9 Å². The molecule has 2 aliphatic carbocycles. The molecule has 2 aliphatic rings. The number of ether oxygens (including phenoxy) is 2. The smallest absolute Gasteiger partial charge is 0.297 e. The van der Waals surface area contributed by atoms with Crippen molar-refractivity contribution >= 4 is 11.0 Å². The van der Waals surface area contributed by atoms with Crippen molar-refractivity contribution in [2.24, 2.45) is 13.0 Å². The molecule has 4 nitrogen and oxygen atoms in total. The van der Waals surface area contributed by atoms with Gasteiger partial charge in [-0.3, -0.25) is 4.57 Å². The molecule has 0 N–H and O–H groups in total. The quantitative estimate of drug-likeness (QED) is 0.828. The van der Waals surface area contributed by atoms with E-state index in [1.165, 1.54) is 38.2 Å². The Morgan fingerprint density at radius 1 is 1.17 bits per heavy atom. The summed E-state index contributed by atoms with van der Waals surface area (Å²) >= 11 is 0. The first-order valence-corrected chi connectivity index (χ1v) is 8.66. The van der Waals surface area contributed by atoms with Crippen LogP contribution in [-0.2, 0) is 7.05 Å². The first-order valence-electron chi connectivity index (χ1n) is 8.66. The van der Waals surface area contributed by atoms with Crippen LogP contribution in [0.4, 0.5) is 4.39 Å². The molecule has 0 atom stereocenters. The molecular weight excluding hydrogens is 295 g/mol. The molecule has 0 radical (unpaired) electrons. The predicted molar refractivity (Wildman–Crippen MR) is 86.4 cm³/mol. The van der Waals surface area contributed by atoms with Gasteiger partial charge in [-0.15, -0.1) is 0 Å². The van der Waals surface area contributed by atoms with Gasteiger partial charge >= 0.3 is 0 Å². The maximum absolute atomic E-state index is 14.3. The van der Waals surface area contributed by atoms with Gasteiger partial charge in [0.15, 0.2) is 5.82 Å². The predicted octanol–water partition coefficient (Wildman–Crippen LogP) is 4.21. The van der Waals surface area contributed by atoms with Gasteiger partial charge in [0, 0.05) is 19.2 Å². The lowest BCUT2D eigenvalue weighted by Gasteiger charge is -2.22. The number of hydrogen-bond acceptors (Lipinski definition) is 3. The molecule has 0 saturated heterocycles. The second kappa shape index (κ2) is 6.02. The van der Waals surface area contributed by atoms with Crippen LogP contribution in [0.1, 0.15) is 44.9 Å². The maximum atomic E-state index is 14.3. The molecule has 0 aliphatic heterocycles. The molecule has 2 saturated carbocycles. The van der Waals surface area contributed by atoms with Crippen molar-refractivity contribution in [3.8, 4) is 11.8 Å². The summed E-state index contributed by atoms with van der Waals surface area (Å²) in [5.74, 6) is 0.877. The summed E-state index contributed by atoms with van der Waals surface area (Å²) in [5.41, 5.74) is 1.08. The normalized spacial score (nSPS) is 19.2. The third-order valence-corrected chi connectivity index (χ3v) is 4.88. The Kier molecular flexibility index (Phi) is 3.87. The largest absolute Gasteiger partial charge is 0.493 e. The van der Waals surface area contributed by atoms with E-state index >= 15 is 0 Å². The summed E-state index contributed by atoms with van der Waals surface area (Å²) in [4.78, 5) is 4.36. The number of aryl methyl sites for hydroxylation is 1. The Hall–Kier alpha value is -1.78. The molecule has 23 heavy (non-hydrogen) atoms. The maximum Gasteiger partial charge on any atom is 0.297 e. The molecule has 1 aromatic carbocycles. The molecule has 0 bridgehead atoms. The van der Waals surface area contributed by atoms with Gasteiger partial charge in [-0.1, -0.05) is 6.42 Å². The molecule has 0 spiro atoms. The number of imidazole rings is 1. The zero-order valence-electron chi connectivity index (χ0n) is 13.6. The molecular formula is C18H23FN2O2. The number of rotatable bonds is 5. The van der Waals surface area contributed by atoms with Crippen LogP contribution in [0.2, 0.25) is 0 Å². The average Bonchev–Trinajstić information content (AvgIpc) is 3.33. The highest BCUT2D eigenvalue weighted by molar-refractivity contribution is 5.79. The fourth-order valence-electron chi connectivity index (χ4n) is 3.22. The van der Waals surface area contributed by atoms with Crippen LogP contribution in [0.15, 0.2) is 12.1 Å². The molecule has 1 aromatic heterocycles. The van der Waals surface area contributed by atoms with Gasteiger partial charge in [0.25, 0.3) is 6.01 Å². The minimum absolute atomic E-state index is 0.202. The fourth-order valence-corrected chi connectivity index (χ4v) is 3.22. The highest BCUT2D eigenvalue weighted by Gasteiger charge is 2.23. The molecule has 2 fully saturated rings. The van der Waals surface area contributed by atoms with Gasteiger partial charge in [-0.05, 0) is 44.4 Å². The Balaban J connectivity index is 1.58. The number of fused-ring (bicyclic) bond motifs is 1. The number of halogens is 1. The highest BCUT2D eigenvalue weighted by atomic mass is 19.1. The average molecular weight is 318 g/mol. The zero-order valence-corrected chi connectivity index (χ0v) is 13.6. The molecule has 124 valence electrons. The lowest BCUT2D eigenvalue weighted by Crippen LogP contribution is -2.21. The number of nitrogens with zero attached hydrogens (tertiary/aromatic N) is 2. The Labute approximate surface area is 135 Å². The van der Waals surface area contributed by atoms with Crippen molar-refractivity contribution in [3.63, 3.8) is 0 Å². The van der Waals surface area contributed by atoms with E-state index < -0.39 is 0 Å². The van der Waals surface area contributed by atoms with Gasteiger partial charge in [0.05, 0.1) is 12.1 Å². The summed E-state index contributed by atoms with van der Waals surface area (Å²) < 4.78 is 27.9. The van der Waals surface area contributed by atoms with Gasteiger partial charge in [-0.2, -0.15) is 4.98 Å². The van der Waals surface area contributed by atoms with Crippen LogP contribution < -0.4 is 9.47 Å². The molecule has 1 heterocycles. The van der Waals surface area contributed by atoms with E-state index in [2.05, 4.69) is 4.98 Å². The molecule has 4 rings (SSSR count). The third kappa shape index (κ3) is 3.14. The van der Waals surface area contributed by atoms with Crippen molar-refractivity contribution in [1.82, 2.24) is 9.55 Å². The first kappa shape index (κ1) is 14.8. The van der Waals surface area contributed by atoms with Gasteiger partial charge < -0.3 is 9.47 Å². The van der Waals surface area contributed by atoms with Crippen LogP contribution in [0.25, 0.3) is 11.0 Å². The second-order valence-electron chi connectivity index (χ2n) is 6.86. The van der Waals surface area contributed by atoms with E-state index in [0.717, 1.165) is 18.4 Å². The minimum Gasteiger partial charge on any atom is -0.493 e. The monoisotopic (exact) mass is 318 g/mol. The van der Waals surface area contributed by atoms with Crippen LogP contribution in [0.5, 0.6) is 11.8 Å².